The summed E-state index contributed by atoms with van der Waals surface area (Å²) in [5.74, 6) is 2.69. The molecule has 0 aliphatic heterocycles. The van der Waals surface area contributed by atoms with Gasteiger partial charge in [-0.3, -0.25) is 0 Å². The molecule has 1 saturated carbocycles. The predicted molar refractivity (Wildman–Crippen MR) is 116 cm³/mol. The summed E-state index contributed by atoms with van der Waals surface area (Å²) in [6.45, 7) is 7.06. The zero-order chi connectivity index (χ0) is 17.9. The van der Waals surface area contributed by atoms with Gasteiger partial charge in [-0.1, -0.05) is 19.3 Å². The number of ether oxygens (including phenoxy) is 1. The van der Waals surface area contributed by atoms with Gasteiger partial charge in [-0.05, 0) is 39.5 Å². The van der Waals surface area contributed by atoms with Crippen molar-refractivity contribution in [3.8, 4) is 0 Å². The average Bonchev–Trinajstić information content (AvgIpc) is 2.95. The number of aromatic nitrogens is 3. The second kappa shape index (κ2) is 13.3. The van der Waals surface area contributed by atoms with Gasteiger partial charge < -0.3 is 19.9 Å². The van der Waals surface area contributed by atoms with Gasteiger partial charge in [0.2, 0.25) is 0 Å². The van der Waals surface area contributed by atoms with Crippen LogP contribution >= 0.6 is 24.0 Å². The van der Waals surface area contributed by atoms with Gasteiger partial charge in [0.1, 0.15) is 12.4 Å². The van der Waals surface area contributed by atoms with Crippen molar-refractivity contribution < 1.29 is 4.74 Å². The molecule has 1 fully saturated rings. The molecule has 0 radical (unpaired) electrons. The van der Waals surface area contributed by atoms with Crippen molar-refractivity contribution in [2.45, 2.75) is 71.4 Å². The van der Waals surface area contributed by atoms with Gasteiger partial charge in [-0.25, -0.2) is 4.99 Å². The Morgan fingerprint density at radius 2 is 2.00 bits per heavy atom. The van der Waals surface area contributed by atoms with Crippen molar-refractivity contribution >= 4 is 29.9 Å². The molecular formula is C18H35IN6O. The lowest BCUT2D eigenvalue weighted by atomic mass is 9.96. The molecule has 2 rings (SSSR count). The summed E-state index contributed by atoms with van der Waals surface area (Å²) in [5, 5.41) is 15.4. The van der Waals surface area contributed by atoms with Crippen molar-refractivity contribution in [3.63, 3.8) is 0 Å². The fourth-order valence-corrected chi connectivity index (χ4v) is 3.01. The summed E-state index contributed by atoms with van der Waals surface area (Å²) in [6, 6.07) is 0.532. The van der Waals surface area contributed by atoms with E-state index in [1.165, 1.54) is 32.1 Å². The second-order valence-corrected chi connectivity index (χ2v) is 6.70. The van der Waals surface area contributed by atoms with E-state index in [4.69, 9.17) is 9.73 Å². The molecule has 0 amide bonds. The van der Waals surface area contributed by atoms with Crippen LogP contribution in [0.4, 0.5) is 0 Å². The van der Waals surface area contributed by atoms with Gasteiger partial charge in [-0.2, -0.15) is 0 Å². The molecule has 0 atom stereocenters. The maximum Gasteiger partial charge on any atom is 0.191 e. The van der Waals surface area contributed by atoms with E-state index in [9.17, 15) is 0 Å². The van der Waals surface area contributed by atoms with E-state index in [1.807, 2.05) is 25.5 Å². The minimum atomic E-state index is 0. The van der Waals surface area contributed by atoms with Gasteiger partial charge in [-0.15, -0.1) is 34.2 Å². The van der Waals surface area contributed by atoms with E-state index in [1.54, 1.807) is 0 Å². The maximum atomic E-state index is 5.39. The molecule has 1 aromatic rings. The van der Waals surface area contributed by atoms with E-state index in [-0.39, 0.29) is 24.0 Å². The van der Waals surface area contributed by atoms with E-state index >= 15 is 0 Å². The first kappa shape index (κ1) is 23.1. The van der Waals surface area contributed by atoms with Crippen LogP contribution in [0.1, 0.15) is 63.5 Å². The molecule has 1 aliphatic carbocycles. The fourth-order valence-electron chi connectivity index (χ4n) is 3.01. The Morgan fingerprint density at radius 3 is 2.65 bits per heavy atom. The molecular weight excluding hydrogens is 443 g/mol. The van der Waals surface area contributed by atoms with Crippen molar-refractivity contribution in [2.75, 3.05) is 19.8 Å². The van der Waals surface area contributed by atoms with E-state index in [0.29, 0.717) is 12.6 Å². The molecule has 2 N–H and O–H groups in total. The Bertz CT molecular complexity index is 528. The number of nitrogens with zero attached hydrogens (tertiary/aromatic N) is 4. The van der Waals surface area contributed by atoms with E-state index in [0.717, 1.165) is 50.2 Å². The Labute approximate surface area is 174 Å². The van der Waals surface area contributed by atoms with Crippen LogP contribution in [0.15, 0.2) is 4.99 Å². The first-order valence-corrected chi connectivity index (χ1v) is 9.68. The third-order valence-corrected chi connectivity index (χ3v) is 4.72. The molecule has 8 heteroatoms. The van der Waals surface area contributed by atoms with Crippen LogP contribution in [0.3, 0.4) is 0 Å². The summed E-state index contributed by atoms with van der Waals surface area (Å²) in [7, 11) is 1.98. The normalized spacial score (nSPS) is 15.6. The lowest BCUT2D eigenvalue weighted by Gasteiger charge is -2.25. The van der Waals surface area contributed by atoms with Crippen LogP contribution in [-0.2, 0) is 18.3 Å². The number of halogens is 1. The number of nitrogens with one attached hydrogen (secondary N) is 2. The van der Waals surface area contributed by atoms with Crippen molar-refractivity contribution in [1.82, 2.24) is 25.4 Å². The third kappa shape index (κ3) is 8.20. The first-order chi connectivity index (χ1) is 12.2. The fraction of sp³-hybridized carbons (Fsp3) is 0.833. The van der Waals surface area contributed by atoms with Crippen molar-refractivity contribution in [2.24, 2.45) is 12.0 Å². The quantitative estimate of drug-likeness (QED) is 0.247. The van der Waals surface area contributed by atoms with Crippen LogP contribution in [0.25, 0.3) is 0 Å². The van der Waals surface area contributed by atoms with Crippen LogP contribution in [0.2, 0.25) is 0 Å². The van der Waals surface area contributed by atoms with Crippen LogP contribution in [-0.4, -0.2) is 46.5 Å². The highest BCUT2D eigenvalue weighted by Gasteiger charge is 2.15. The Balaban J connectivity index is 0.00000338. The Morgan fingerprint density at radius 1 is 1.23 bits per heavy atom. The molecule has 26 heavy (non-hydrogen) atoms. The Kier molecular flexibility index (Phi) is 11.8. The maximum absolute atomic E-state index is 5.39. The summed E-state index contributed by atoms with van der Waals surface area (Å²) in [4.78, 5) is 4.74. The van der Waals surface area contributed by atoms with Crippen molar-refractivity contribution in [1.29, 1.82) is 0 Å². The molecule has 1 aliphatic rings. The predicted octanol–water partition coefficient (Wildman–Crippen LogP) is 2.93. The summed E-state index contributed by atoms with van der Waals surface area (Å²) in [6.07, 6.45) is 8.58. The Hall–Kier alpha value is -0.900. The zero-order valence-electron chi connectivity index (χ0n) is 16.5. The highest BCUT2D eigenvalue weighted by Crippen LogP contribution is 2.17. The number of aliphatic imine (C=N–C) groups is 1. The molecule has 150 valence electrons. The molecule has 0 aromatic carbocycles. The molecule has 0 bridgehead atoms. The smallest absolute Gasteiger partial charge is 0.191 e. The molecule has 1 heterocycles. The molecule has 0 unspecified atom stereocenters. The summed E-state index contributed by atoms with van der Waals surface area (Å²) < 4.78 is 7.38. The third-order valence-electron chi connectivity index (χ3n) is 4.72. The number of aryl methyl sites for hydroxylation is 1. The van der Waals surface area contributed by atoms with E-state index < -0.39 is 0 Å². The summed E-state index contributed by atoms with van der Waals surface area (Å²) in [5.41, 5.74) is 0. The minimum Gasteiger partial charge on any atom is -0.382 e. The van der Waals surface area contributed by atoms with Gasteiger partial charge in [0.25, 0.3) is 0 Å². The van der Waals surface area contributed by atoms with Crippen molar-refractivity contribution in [3.05, 3.63) is 11.6 Å². The second-order valence-electron chi connectivity index (χ2n) is 6.70. The van der Waals surface area contributed by atoms with Gasteiger partial charge in [0, 0.05) is 32.8 Å². The highest BCUT2D eigenvalue weighted by molar-refractivity contribution is 14.0. The van der Waals surface area contributed by atoms with Crippen LogP contribution in [0.5, 0.6) is 0 Å². The zero-order valence-corrected chi connectivity index (χ0v) is 18.8. The molecule has 0 saturated heterocycles. The molecule has 1 aromatic heterocycles. The largest absolute Gasteiger partial charge is 0.382 e. The van der Waals surface area contributed by atoms with E-state index in [2.05, 4.69) is 20.8 Å². The number of rotatable bonds is 9. The molecule has 0 spiro atoms. The number of hydrogen-bond donors (Lipinski definition) is 2. The standard InChI is InChI=1S/C18H34N6O.HI/c1-4-25-13-9-8-12-19-18(21-16-10-6-5-7-11-16)20-14-17-23-22-15(2)24(17)3;/h16H,4-14H2,1-3H3,(H2,19,20,21);1H. The molecule has 7 nitrogen and oxygen atoms in total. The van der Waals surface area contributed by atoms with Crippen LogP contribution in [0, 0.1) is 6.92 Å². The minimum absolute atomic E-state index is 0. The topological polar surface area (TPSA) is 76.4 Å². The van der Waals surface area contributed by atoms with Gasteiger partial charge in [0.15, 0.2) is 11.8 Å². The number of hydrogen-bond acceptors (Lipinski definition) is 4. The average molecular weight is 478 g/mol. The lowest BCUT2D eigenvalue weighted by Crippen LogP contribution is -2.44. The van der Waals surface area contributed by atoms with Crippen LogP contribution < -0.4 is 10.6 Å². The monoisotopic (exact) mass is 478 g/mol. The van der Waals surface area contributed by atoms with Gasteiger partial charge >= 0.3 is 0 Å². The SMILES string of the molecule is CCOCCCCNC(=NCc1nnc(C)n1C)NC1CCCCC1.I. The summed E-state index contributed by atoms with van der Waals surface area (Å²) >= 11 is 0. The highest BCUT2D eigenvalue weighted by atomic mass is 127. The van der Waals surface area contributed by atoms with Gasteiger partial charge in [0.05, 0.1) is 0 Å². The lowest BCUT2D eigenvalue weighted by molar-refractivity contribution is 0.143. The number of guanidine groups is 1. The number of unbranched alkanes of at least 4 members (excludes halogenated alkanes) is 1. The first-order valence-electron chi connectivity index (χ1n) is 9.68.